The Morgan fingerprint density at radius 3 is 2.54 bits per heavy atom. The Labute approximate surface area is 165 Å². The van der Waals surface area contributed by atoms with Crippen molar-refractivity contribution in [2.75, 3.05) is 6.54 Å². The molecule has 1 aliphatic rings. The van der Waals surface area contributed by atoms with Crippen LogP contribution in [0.25, 0.3) is 11.3 Å². The van der Waals surface area contributed by atoms with Gasteiger partial charge in [0.05, 0.1) is 6.04 Å². The lowest BCUT2D eigenvalue weighted by molar-refractivity contribution is 0.0741. The van der Waals surface area contributed by atoms with Crippen LogP contribution in [0.2, 0.25) is 0 Å². The third kappa shape index (κ3) is 2.97. The summed E-state index contributed by atoms with van der Waals surface area (Å²) in [6.45, 7) is 4.95. The molecule has 0 bridgehead atoms. The first kappa shape index (κ1) is 18.3. The Morgan fingerprint density at radius 2 is 1.86 bits per heavy atom. The van der Waals surface area contributed by atoms with Gasteiger partial charge < -0.3 is 10.0 Å². The number of carbonyl (C=O) groups is 1. The van der Waals surface area contributed by atoms with Crippen molar-refractivity contribution < 1.29 is 9.90 Å². The number of para-hydroxylation sites is 1. The molecule has 1 atom stereocenters. The maximum Gasteiger partial charge on any atom is 0.273 e. The van der Waals surface area contributed by atoms with E-state index in [0.717, 1.165) is 30.4 Å². The fourth-order valence-corrected chi connectivity index (χ4v) is 3.92. The molecule has 0 fully saturated rings. The van der Waals surface area contributed by atoms with E-state index in [2.05, 4.69) is 48.3 Å². The van der Waals surface area contributed by atoms with Crippen LogP contribution in [0.5, 0.6) is 5.75 Å². The summed E-state index contributed by atoms with van der Waals surface area (Å²) < 4.78 is 0. The van der Waals surface area contributed by atoms with Gasteiger partial charge in [-0.2, -0.15) is 5.10 Å². The highest BCUT2D eigenvalue weighted by molar-refractivity contribution is 6.00. The van der Waals surface area contributed by atoms with Crippen LogP contribution in [0.4, 0.5) is 0 Å². The Kier molecular flexibility index (Phi) is 4.90. The molecule has 3 aromatic rings. The molecule has 1 aliphatic heterocycles. The molecule has 0 saturated heterocycles. The van der Waals surface area contributed by atoms with Gasteiger partial charge in [0.1, 0.15) is 17.1 Å². The van der Waals surface area contributed by atoms with E-state index < -0.39 is 0 Å². The second kappa shape index (κ2) is 7.50. The zero-order chi connectivity index (χ0) is 19.7. The second-order valence-corrected chi connectivity index (χ2v) is 7.23. The van der Waals surface area contributed by atoms with Gasteiger partial charge >= 0.3 is 0 Å². The number of aromatic nitrogens is 2. The van der Waals surface area contributed by atoms with Crippen molar-refractivity contribution in [1.29, 1.82) is 0 Å². The number of aromatic hydroxyl groups is 1. The molecule has 0 radical (unpaired) electrons. The molecule has 1 amide bonds. The maximum atomic E-state index is 13.1. The molecule has 2 N–H and O–H groups in total. The second-order valence-electron chi connectivity index (χ2n) is 7.23. The molecule has 4 rings (SSSR count). The van der Waals surface area contributed by atoms with Crippen LogP contribution in [0.15, 0.2) is 48.5 Å². The fraction of sp³-hybridized carbons (Fsp3) is 0.304. The molecular weight excluding hydrogens is 350 g/mol. The Balaban J connectivity index is 1.86. The Hall–Kier alpha value is -3.08. The number of aryl methyl sites for hydroxylation is 1. The van der Waals surface area contributed by atoms with Crippen molar-refractivity contribution in [3.8, 4) is 17.0 Å². The number of nitrogens with zero attached hydrogens (tertiary/aromatic N) is 2. The summed E-state index contributed by atoms with van der Waals surface area (Å²) in [7, 11) is 0. The minimum absolute atomic E-state index is 0.0258. The normalized spacial score (nSPS) is 15.9. The van der Waals surface area contributed by atoms with E-state index in [1.165, 1.54) is 5.56 Å². The van der Waals surface area contributed by atoms with Gasteiger partial charge in [-0.3, -0.25) is 9.89 Å². The highest BCUT2D eigenvalue weighted by Gasteiger charge is 2.42. The van der Waals surface area contributed by atoms with E-state index in [1.54, 1.807) is 12.1 Å². The molecule has 0 saturated carbocycles. The number of carbonyl (C=O) groups excluding carboxylic acids is 1. The summed E-state index contributed by atoms with van der Waals surface area (Å²) in [5.74, 6) is 0.138. The first-order valence-electron chi connectivity index (χ1n) is 9.92. The Bertz CT molecular complexity index is 991. The first-order chi connectivity index (χ1) is 13.7. The molecule has 28 heavy (non-hydrogen) atoms. The maximum absolute atomic E-state index is 13.1. The van der Waals surface area contributed by atoms with Crippen LogP contribution in [-0.4, -0.2) is 32.7 Å². The highest BCUT2D eigenvalue weighted by atomic mass is 16.3. The average Bonchev–Trinajstić information content (AvgIpc) is 3.26. The van der Waals surface area contributed by atoms with Crippen LogP contribution < -0.4 is 0 Å². The molecule has 144 valence electrons. The number of phenols is 1. The summed E-state index contributed by atoms with van der Waals surface area (Å²) in [6, 6.07) is 15.4. The van der Waals surface area contributed by atoms with Gasteiger partial charge in [0.15, 0.2) is 0 Å². The summed E-state index contributed by atoms with van der Waals surface area (Å²) in [5, 5.41) is 17.7. The van der Waals surface area contributed by atoms with Crippen molar-refractivity contribution in [3.63, 3.8) is 0 Å². The van der Waals surface area contributed by atoms with Gasteiger partial charge in [0.25, 0.3) is 5.91 Å². The van der Waals surface area contributed by atoms with Gasteiger partial charge in [-0.25, -0.2) is 0 Å². The summed E-state index contributed by atoms with van der Waals surface area (Å²) in [6.07, 6.45) is 2.94. The third-order valence-corrected chi connectivity index (χ3v) is 5.48. The zero-order valence-electron chi connectivity index (χ0n) is 16.3. The molecule has 2 aromatic carbocycles. The van der Waals surface area contributed by atoms with Crippen LogP contribution in [-0.2, 0) is 6.42 Å². The number of rotatable bonds is 6. The average molecular weight is 375 g/mol. The van der Waals surface area contributed by atoms with Crippen LogP contribution in [0.1, 0.15) is 59.9 Å². The van der Waals surface area contributed by atoms with Gasteiger partial charge in [-0.15, -0.1) is 0 Å². The lowest BCUT2D eigenvalue weighted by atomic mass is 9.94. The number of hydrogen-bond acceptors (Lipinski definition) is 3. The smallest absolute Gasteiger partial charge is 0.273 e. The molecule has 5 heteroatoms. The van der Waals surface area contributed by atoms with E-state index in [4.69, 9.17) is 0 Å². The van der Waals surface area contributed by atoms with Crippen LogP contribution in [0, 0.1) is 0 Å². The number of benzene rings is 2. The number of nitrogens with one attached hydrogen (secondary N) is 1. The molecule has 2 heterocycles. The minimum Gasteiger partial charge on any atom is -0.507 e. The summed E-state index contributed by atoms with van der Waals surface area (Å²) in [4.78, 5) is 15.1. The number of unbranched alkanes of at least 4 members (excludes halogenated alkanes) is 1. The largest absolute Gasteiger partial charge is 0.507 e. The topological polar surface area (TPSA) is 69.2 Å². The van der Waals surface area contributed by atoms with Crippen molar-refractivity contribution in [3.05, 3.63) is 70.9 Å². The first-order valence-corrected chi connectivity index (χ1v) is 9.92. The number of H-pyrrole nitrogens is 1. The minimum atomic E-state index is -0.201. The van der Waals surface area contributed by atoms with E-state index in [0.29, 0.717) is 23.5 Å². The number of hydrogen-bond donors (Lipinski definition) is 2. The number of aromatic amines is 1. The third-order valence-electron chi connectivity index (χ3n) is 5.48. The van der Waals surface area contributed by atoms with Crippen LogP contribution in [0.3, 0.4) is 0 Å². The predicted octanol–water partition coefficient (Wildman–Crippen LogP) is 4.69. The van der Waals surface area contributed by atoms with E-state index in [1.807, 2.05) is 17.0 Å². The molecule has 0 spiro atoms. The van der Waals surface area contributed by atoms with E-state index in [-0.39, 0.29) is 17.7 Å². The highest BCUT2D eigenvalue weighted by Crippen LogP contribution is 2.44. The van der Waals surface area contributed by atoms with Gasteiger partial charge in [-0.1, -0.05) is 56.7 Å². The number of phenolic OH excluding ortho intramolecular Hbond substituents is 1. The molecule has 1 aromatic heterocycles. The zero-order valence-corrected chi connectivity index (χ0v) is 16.3. The SMILES string of the molecule is CCCCN1C(=O)c2[nH]nc(-c3ccccc3O)c2C1c1ccc(CC)cc1. The van der Waals surface area contributed by atoms with Crippen molar-refractivity contribution in [2.24, 2.45) is 0 Å². The quantitative estimate of drug-likeness (QED) is 0.657. The number of amides is 1. The molecular formula is C23H25N3O2. The van der Waals surface area contributed by atoms with Crippen molar-refractivity contribution >= 4 is 5.91 Å². The van der Waals surface area contributed by atoms with E-state index in [9.17, 15) is 9.90 Å². The molecule has 5 nitrogen and oxygen atoms in total. The summed E-state index contributed by atoms with van der Waals surface area (Å²) in [5.41, 5.74) is 5.00. The van der Waals surface area contributed by atoms with Gasteiger partial charge in [0.2, 0.25) is 0 Å². The lowest BCUT2D eigenvalue weighted by Crippen LogP contribution is -2.30. The van der Waals surface area contributed by atoms with Gasteiger partial charge in [0, 0.05) is 17.7 Å². The van der Waals surface area contributed by atoms with Crippen LogP contribution >= 0.6 is 0 Å². The van der Waals surface area contributed by atoms with E-state index >= 15 is 0 Å². The number of fused-ring (bicyclic) bond motifs is 1. The predicted molar refractivity (Wildman–Crippen MR) is 109 cm³/mol. The molecule has 1 unspecified atom stereocenters. The van der Waals surface area contributed by atoms with Crippen molar-refractivity contribution in [1.82, 2.24) is 15.1 Å². The van der Waals surface area contributed by atoms with Crippen molar-refractivity contribution in [2.45, 2.75) is 39.2 Å². The fourth-order valence-electron chi connectivity index (χ4n) is 3.92. The standard InChI is InChI=1S/C23H25N3O2/c1-3-5-14-26-22(16-12-10-15(4-2)11-13-16)19-20(24-25-21(19)23(26)28)17-8-6-7-9-18(17)27/h6-13,22,27H,3-5,14H2,1-2H3,(H,24,25). The monoisotopic (exact) mass is 375 g/mol. The molecule has 0 aliphatic carbocycles. The summed E-state index contributed by atoms with van der Waals surface area (Å²) >= 11 is 0. The Morgan fingerprint density at radius 1 is 1.11 bits per heavy atom. The van der Waals surface area contributed by atoms with Gasteiger partial charge in [-0.05, 0) is 36.1 Å². The lowest BCUT2D eigenvalue weighted by Gasteiger charge is -2.26.